The second-order valence-electron chi connectivity index (χ2n) is 10.4. The maximum Gasteiger partial charge on any atom is 0.341 e. The molecular weight excluding hydrogens is 694 g/mol. The second-order valence-corrected chi connectivity index (χ2v) is 12.5. The summed E-state index contributed by atoms with van der Waals surface area (Å²) in [6, 6.07) is 17.6. The lowest BCUT2D eigenvalue weighted by atomic mass is 9.76. The number of nitrogens with one attached hydrogen (secondary N) is 1. The Hall–Kier alpha value is -2.86. The SMILES string of the molecule is O=C(O)COc1cccc(C(I)NC(=O)[C@@H]2c3ccccc3C(=O)N([C@H]3CCCC[C@@H]3O)[C@H]2c2ccc(Cl)cc2Cl)c1. The number of aliphatic hydroxyl groups is 1. The first kappa shape index (κ1) is 30.6. The Morgan fingerprint density at radius 1 is 1.02 bits per heavy atom. The molecule has 0 spiro atoms. The van der Waals surface area contributed by atoms with Crippen molar-refractivity contribution in [2.45, 2.75) is 53.8 Å². The monoisotopic (exact) mass is 722 g/mol. The van der Waals surface area contributed by atoms with E-state index in [1.165, 1.54) is 0 Å². The van der Waals surface area contributed by atoms with Gasteiger partial charge in [-0.1, -0.05) is 95.0 Å². The number of benzene rings is 3. The molecule has 220 valence electrons. The Morgan fingerprint density at radius 3 is 2.52 bits per heavy atom. The molecule has 1 saturated carbocycles. The van der Waals surface area contributed by atoms with Crippen LogP contribution in [0.2, 0.25) is 10.0 Å². The molecule has 5 rings (SSSR count). The van der Waals surface area contributed by atoms with Gasteiger partial charge in [-0.3, -0.25) is 9.59 Å². The number of hydrogen-bond acceptors (Lipinski definition) is 5. The topological polar surface area (TPSA) is 116 Å². The second kappa shape index (κ2) is 13.2. The maximum atomic E-state index is 14.3. The van der Waals surface area contributed by atoms with Gasteiger partial charge in [0.1, 0.15) is 9.80 Å². The third-order valence-corrected chi connectivity index (χ3v) is 9.37. The average molecular weight is 723 g/mol. The van der Waals surface area contributed by atoms with E-state index in [2.05, 4.69) is 27.9 Å². The summed E-state index contributed by atoms with van der Waals surface area (Å²) in [6.07, 6.45) is 2.13. The van der Waals surface area contributed by atoms with Crippen molar-refractivity contribution in [1.82, 2.24) is 10.2 Å². The van der Waals surface area contributed by atoms with Gasteiger partial charge < -0.3 is 25.2 Å². The fourth-order valence-electron chi connectivity index (χ4n) is 5.89. The molecule has 0 aromatic heterocycles. The lowest BCUT2D eigenvalue weighted by Gasteiger charge is -2.48. The van der Waals surface area contributed by atoms with Crippen molar-refractivity contribution in [3.8, 4) is 5.75 Å². The maximum absolute atomic E-state index is 14.3. The summed E-state index contributed by atoms with van der Waals surface area (Å²) in [5.74, 6) is -2.17. The third-order valence-electron chi connectivity index (χ3n) is 7.77. The van der Waals surface area contributed by atoms with Crippen molar-refractivity contribution in [1.29, 1.82) is 0 Å². The van der Waals surface area contributed by atoms with Gasteiger partial charge in [0.05, 0.1) is 24.1 Å². The lowest BCUT2D eigenvalue weighted by molar-refractivity contribution is -0.139. The predicted octanol–water partition coefficient (Wildman–Crippen LogP) is 6.29. The Bertz CT molecular complexity index is 1500. The first-order valence-electron chi connectivity index (χ1n) is 13.6. The first-order chi connectivity index (χ1) is 20.2. The van der Waals surface area contributed by atoms with Crippen molar-refractivity contribution >= 4 is 63.6 Å². The van der Waals surface area contributed by atoms with Gasteiger partial charge in [-0.05, 0) is 59.9 Å². The summed E-state index contributed by atoms with van der Waals surface area (Å²) in [5, 5.41) is 23.9. The molecule has 42 heavy (non-hydrogen) atoms. The number of carboxylic acids is 1. The van der Waals surface area contributed by atoms with Gasteiger partial charge in [-0.15, -0.1) is 0 Å². The lowest BCUT2D eigenvalue weighted by Crippen LogP contribution is -2.55. The summed E-state index contributed by atoms with van der Waals surface area (Å²) >= 11 is 15.1. The van der Waals surface area contributed by atoms with Crippen molar-refractivity contribution in [3.05, 3.63) is 99.0 Å². The Morgan fingerprint density at radius 2 is 1.79 bits per heavy atom. The Balaban J connectivity index is 1.57. The number of amides is 2. The fourth-order valence-corrected chi connectivity index (χ4v) is 7.11. The van der Waals surface area contributed by atoms with E-state index in [0.29, 0.717) is 50.9 Å². The highest BCUT2D eigenvalue weighted by Gasteiger charge is 2.49. The van der Waals surface area contributed by atoms with Gasteiger partial charge in [0.2, 0.25) is 5.91 Å². The molecule has 3 N–H and O–H groups in total. The molecule has 0 bridgehead atoms. The molecule has 0 saturated heterocycles. The van der Waals surface area contributed by atoms with Gasteiger partial charge in [-0.2, -0.15) is 0 Å². The van der Waals surface area contributed by atoms with Gasteiger partial charge >= 0.3 is 5.97 Å². The van der Waals surface area contributed by atoms with E-state index in [1.807, 2.05) is 6.07 Å². The summed E-state index contributed by atoms with van der Waals surface area (Å²) in [4.78, 5) is 41.1. The molecule has 2 aliphatic rings. The molecule has 1 fully saturated rings. The van der Waals surface area contributed by atoms with E-state index in [-0.39, 0.29) is 11.8 Å². The van der Waals surface area contributed by atoms with Crippen LogP contribution in [0.1, 0.15) is 68.7 Å². The molecule has 11 heteroatoms. The van der Waals surface area contributed by atoms with E-state index < -0.39 is 40.7 Å². The number of carbonyl (C=O) groups is 3. The predicted molar refractivity (Wildman–Crippen MR) is 167 cm³/mol. The van der Waals surface area contributed by atoms with Crippen LogP contribution in [0.3, 0.4) is 0 Å². The van der Waals surface area contributed by atoms with E-state index in [9.17, 15) is 19.5 Å². The van der Waals surface area contributed by atoms with E-state index in [1.54, 1.807) is 65.6 Å². The van der Waals surface area contributed by atoms with E-state index in [4.69, 9.17) is 33.0 Å². The van der Waals surface area contributed by atoms with Crippen molar-refractivity contribution in [2.75, 3.05) is 6.61 Å². The van der Waals surface area contributed by atoms with Crippen LogP contribution in [-0.4, -0.2) is 51.6 Å². The molecular formula is C31H29Cl2IN2O6. The van der Waals surface area contributed by atoms with Gasteiger partial charge in [0, 0.05) is 15.6 Å². The third kappa shape index (κ3) is 6.39. The molecule has 2 amide bonds. The zero-order valence-electron chi connectivity index (χ0n) is 22.4. The number of aliphatic carboxylic acids is 1. The van der Waals surface area contributed by atoms with Crippen molar-refractivity contribution in [2.24, 2.45) is 0 Å². The van der Waals surface area contributed by atoms with Gasteiger partial charge in [0.25, 0.3) is 5.91 Å². The molecule has 1 aliphatic heterocycles. The van der Waals surface area contributed by atoms with Crippen LogP contribution in [-0.2, 0) is 9.59 Å². The van der Waals surface area contributed by atoms with Gasteiger partial charge in [-0.25, -0.2) is 4.79 Å². The minimum Gasteiger partial charge on any atom is -0.482 e. The molecule has 3 aromatic rings. The summed E-state index contributed by atoms with van der Waals surface area (Å²) in [5.41, 5.74) is 2.24. The van der Waals surface area contributed by atoms with Crippen LogP contribution in [0.4, 0.5) is 0 Å². The molecule has 1 aliphatic carbocycles. The highest BCUT2D eigenvalue weighted by Crippen LogP contribution is 2.48. The number of nitrogens with zero attached hydrogens (tertiary/aromatic N) is 1. The Kier molecular flexibility index (Phi) is 9.61. The summed E-state index contributed by atoms with van der Waals surface area (Å²) in [6.45, 7) is -0.485. The molecule has 0 radical (unpaired) electrons. The minimum atomic E-state index is -1.09. The zero-order valence-corrected chi connectivity index (χ0v) is 26.1. The highest BCUT2D eigenvalue weighted by atomic mass is 127. The Labute approximate surface area is 267 Å². The normalized spacial score (nSPS) is 22.7. The number of carbonyl (C=O) groups excluding carboxylic acids is 2. The number of halogens is 3. The fraction of sp³-hybridized carbons (Fsp3) is 0.323. The van der Waals surface area contributed by atoms with Crippen LogP contribution in [0.5, 0.6) is 5.75 Å². The van der Waals surface area contributed by atoms with E-state index in [0.717, 1.165) is 12.8 Å². The first-order valence-corrected chi connectivity index (χ1v) is 15.6. The summed E-state index contributed by atoms with van der Waals surface area (Å²) in [7, 11) is 0. The molecule has 1 unspecified atom stereocenters. The summed E-state index contributed by atoms with van der Waals surface area (Å²) < 4.78 is 4.81. The number of fused-ring (bicyclic) bond motifs is 1. The minimum absolute atomic E-state index is 0.258. The number of ether oxygens (including phenoxy) is 1. The smallest absolute Gasteiger partial charge is 0.341 e. The number of rotatable bonds is 8. The van der Waals surface area contributed by atoms with E-state index >= 15 is 0 Å². The largest absolute Gasteiger partial charge is 0.482 e. The standard InChI is InChI=1S/C31H29Cl2IN2O6/c32-18-12-13-22(23(33)15-18)28-27(30(40)35-29(34)17-6-5-7-19(14-17)42-16-26(38)39)20-8-1-2-9-21(20)31(41)36(28)24-10-3-4-11-25(24)37/h1-2,5-9,12-15,24-25,27-29,37H,3-4,10-11,16H2,(H,35,40)(H,38,39)/t24-,25-,27+,28-,29?/m0/s1. The van der Waals surface area contributed by atoms with Crippen molar-refractivity contribution in [3.63, 3.8) is 0 Å². The zero-order chi connectivity index (χ0) is 30.0. The van der Waals surface area contributed by atoms with Crippen LogP contribution in [0.25, 0.3) is 0 Å². The number of aliphatic hydroxyl groups excluding tert-OH is 1. The van der Waals surface area contributed by atoms with Crippen LogP contribution < -0.4 is 10.1 Å². The quantitative estimate of drug-likeness (QED) is 0.143. The highest BCUT2D eigenvalue weighted by molar-refractivity contribution is 14.1. The number of carboxylic acid groups (broad SMARTS) is 1. The molecule has 3 aromatic carbocycles. The van der Waals surface area contributed by atoms with Crippen LogP contribution >= 0.6 is 45.8 Å². The number of hydrogen-bond donors (Lipinski definition) is 3. The number of alkyl halides is 1. The van der Waals surface area contributed by atoms with Crippen LogP contribution in [0, 0.1) is 0 Å². The molecule has 8 nitrogen and oxygen atoms in total. The van der Waals surface area contributed by atoms with Crippen molar-refractivity contribution < 1.29 is 29.3 Å². The molecule has 1 heterocycles. The average Bonchev–Trinajstić information content (AvgIpc) is 2.97. The van der Waals surface area contributed by atoms with Crippen LogP contribution in [0.15, 0.2) is 66.7 Å². The van der Waals surface area contributed by atoms with Gasteiger partial charge in [0.15, 0.2) is 6.61 Å². The molecule has 5 atom stereocenters.